The van der Waals surface area contributed by atoms with Gasteiger partial charge in [0.2, 0.25) is 0 Å². The van der Waals surface area contributed by atoms with E-state index >= 15 is 0 Å². The van der Waals surface area contributed by atoms with Crippen molar-refractivity contribution in [2.24, 2.45) is 0 Å². The Labute approximate surface area is 207 Å². The standard InChI is InChI=1S/C29H24N2O3S/c1-3-24(27(32)30-20-12-6-9-18(2)17-20)34-29(33)22-14-8-11-19-10-7-13-21(26(19)22)28-31-23-15-4-5-16-25(23)35-28/h4-17,24H,3H2,1-2H3,(H,30,32). The maximum atomic E-state index is 13.4. The van der Waals surface area contributed by atoms with Crippen molar-refractivity contribution in [2.45, 2.75) is 26.4 Å². The van der Waals surface area contributed by atoms with Crippen LogP contribution in [0.4, 0.5) is 5.69 Å². The number of nitrogens with one attached hydrogen (secondary N) is 1. The summed E-state index contributed by atoms with van der Waals surface area (Å²) in [5.41, 5.74) is 3.91. The Morgan fingerprint density at radius 3 is 2.51 bits per heavy atom. The van der Waals surface area contributed by atoms with Crippen LogP contribution in [0, 0.1) is 6.92 Å². The monoisotopic (exact) mass is 480 g/mol. The molecule has 174 valence electrons. The Bertz CT molecular complexity index is 1520. The molecule has 0 bridgehead atoms. The van der Waals surface area contributed by atoms with Gasteiger partial charge >= 0.3 is 5.97 Å². The van der Waals surface area contributed by atoms with E-state index in [0.29, 0.717) is 17.7 Å². The zero-order chi connectivity index (χ0) is 24.4. The number of para-hydroxylation sites is 1. The normalized spacial score (nSPS) is 11.9. The predicted molar refractivity (Wildman–Crippen MR) is 142 cm³/mol. The number of aryl methyl sites for hydroxylation is 1. The van der Waals surface area contributed by atoms with Gasteiger partial charge in [0.15, 0.2) is 6.10 Å². The minimum absolute atomic E-state index is 0.349. The molecule has 0 aliphatic heterocycles. The molecule has 0 saturated heterocycles. The molecule has 1 N–H and O–H groups in total. The number of hydrogen-bond acceptors (Lipinski definition) is 5. The molecule has 5 nitrogen and oxygen atoms in total. The van der Waals surface area contributed by atoms with Crippen molar-refractivity contribution >= 4 is 49.9 Å². The van der Waals surface area contributed by atoms with Crippen LogP contribution in [0.3, 0.4) is 0 Å². The van der Waals surface area contributed by atoms with Crippen molar-refractivity contribution in [3.05, 3.63) is 96.1 Å². The number of nitrogens with zero attached hydrogens (tertiary/aromatic N) is 1. The summed E-state index contributed by atoms with van der Waals surface area (Å²) in [6, 6.07) is 26.9. The number of ether oxygens (including phenoxy) is 1. The number of aromatic nitrogens is 1. The summed E-state index contributed by atoms with van der Waals surface area (Å²) in [5, 5.41) is 5.37. The largest absolute Gasteiger partial charge is 0.449 e. The summed E-state index contributed by atoms with van der Waals surface area (Å²) in [6.07, 6.45) is -0.549. The molecule has 0 saturated carbocycles. The van der Waals surface area contributed by atoms with Crippen LogP contribution in [0.5, 0.6) is 0 Å². The number of rotatable bonds is 6. The highest BCUT2D eigenvalue weighted by molar-refractivity contribution is 7.21. The summed E-state index contributed by atoms with van der Waals surface area (Å²) in [5.74, 6) is -0.881. The van der Waals surface area contributed by atoms with Gasteiger partial charge in [-0.1, -0.05) is 61.5 Å². The average Bonchev–Trinajstić information content (AvgIpc) is 3.30. The third-order valence-electron chi connectivity index (χ3n) is 5.85. The second-order valence-electron chi connectivity index (χ2n) is 8.36. The molecule has 1 aromatic heterocycles. The molecular formula is C29H24N2O3S. The number of hydrogen-bond donors (Lipinski definition) is 1. The molecule has 1 heterocycles. The van der Waals surface area contributed by atoms with Crippen molar-refractivity contribution in [1.29, 1.82) is 0 Å². The molecule has 0 fully saturated rings. The van der Waals surface area contributed by atoms with Crippen LogP contribution in [0.25, 0.3) is 31.6 Å². The van der Waals surface area contributed by atoms with Crippen LogP contribution in [-0.4, -0.2) is 23.0 Å². The van der Waals surface area contributed by atoms with Gasteiger partial charge in [-0.2, -0.15) is 0 Å². The van der Waals surface area contributed by atoms with Crippen LogP contribution >= 0.6 is 11.3 Å². The zero-order valence-corrected chi connectivity index (χ0v) is 20.3. The summed E-state index contributed by atoms with van der Waals surface area (Å²) in [6.45, 7) is 3.78. The Balaban J connectivity index is 1.48. The van der Waals surface area contributed by atoms with E-state index < -0.39 is 12.1 Å². The first kappa shape index (κ1) is 22.7. The first-order valence-electron chi connectivity index (χ1n) is 11.5. The van der Waals surface area contributed by atoms with Crippen molar-refractivity contribution in [3.8, 4) is 10.6 Å². The van der Waals surface area contributed by atoms with Gasteiger partial charge in [0.05, 0.1) is 15.8 Å². The Morgan fingerprint density at radius 1 is 0.971 bits per heavy atom. The lowest BCUT2D eigenvalue weighted by Crippen LogP contribution is -2.32. The Hall–Kier alpha value is -4.03. The maximum absolute atomic E-state index is 13.4. The number of fused-ring (bicyclic) bond motifs is 2. The SMILES string of the molecule is CCC(OC(=O)c1cccc2cccc(-c3nc4ccccc4s3)c12)C(=O)Nc1cccc(C)c1. The molecular weight excluding hydrogens is 456 g/mol. The highest BCUT2D eigenvalue weighted by atomic mass is 32.1. The fourth-order valence-electron chi connectivity index (χ4n) is 4.14. The van der Waals surface area contributed by atoms with Crippen LogP contribution in [0.15, 0.2) is 84.9 Å². The molecule has 0 aliphatic carbocycles. The topological polar surface area (TPSA) is 68.3 Å². The number of carbonyl (C=O) groups excluding carboxylic acids is 2. The van der Waals surface area contributed by atoms with Gasteiger partial charge in [0, 0.05) is 16.6 Å². The number of esters is 1. The van der Waals surface area contributed by atoms with Crippen molar-refractivity contribution in [2.75, 3.05) is 5.32 Å². The number of benzene rings is 4. The Kier molecular flexibility index (Phi) is 6.29. The predicted octanol–water partition coefficient (Wildman–Crippen LogP) is 7.00. The number of amides is 1. The molecule has 5 aromatic rings. The summed E-state index contributed by atoms with van der Waals surface area (Å²) in [7, 11) is 0. The van der Waals surface area contributed by atoms with Gasteiger partial charge in [0.25, 0.3) is 5.91 Å². The van der Waals surface area contributed by atoms with E-state index in [1.165, 1.54) is 0 Å². The average molecular weight is 481 g/mol. The van der Waals surface area contributed by atoms with E-state index in [1.807, 2.05) is 92.7 Å². The second-order valence-corrected chi connectivity index (χ2v) is 9.39. The first-order valence-corrected chi connectivity index (χ1v) is 12.3. The molecule has 0 spiro atoms. The highest BCUT2D eigenvalue weighted by Gasteiger charge is 2.24. The van der Waals surface area contributed by atoms with Crippen LogP contribution < -0.4 is 5.32 Å². The quantitative estimate of drug-likeness (QED) is 0.266. The van der Waals surface area contributed by atoms with E-state index in [0.717, 1.165) is 37.1 Å². The van der Waals surface area contributed by atoms with Gasteiger partial charge in [0.1, 0.15) is 5.01 Å². The molecule has 0 aliphatic rings. The molecule has 6 heteroatoms. The van der Waals surface area contributed by atoms with Crippen molar-refractivity contribution < 1.29 is 14.3 Å². The fraction of sp³-hybridized carbons (Fsp3) is 0.138. The smallest absolute Gasteiger partial charge is 0.339 e. The van der Waals surface area contributed by atoms with Gasteiger partial charge < -0.3 is 10.1 Å². The molecule has 0 radical (unpaired) electrons. The minimum atomic E-state index is -0.909. The van der Waals surface area contributed by atoms with E-state index in [2.05, 4.69) is 5.32 Å². The summed E-state index contributed by atoms with van der Waals surface area (Å²) < 4.78 is 6.82. The van der Waals surface area contributed by atoms with Crippen LogP contribution in [0.1, 0.15) is 29.3 Å². The van der Waals surface area contributed by atoms with Crippen molar-refractivity contribution in [1.82, 2.24) is 4.98 Å². The third kappa shape index (κ3) is 4.66. The maximum Gasteiger partial charge on any atom is 0.339 e. The lowest BCUT2D eigenvalue weighted by atomic mass is 9.99. The number of thiazole rings is 1. The van der Waals surface area contributed by atoms with Crippen LogP contribution in [-0.2, 0) is 9.53 Å². The molecule has 1 atom stereocenters. The molecule has 35 heavy (non-hydrogen) atoms. The second kappa shape index (κ2) is 9.68. The van der Waals surface area contributed by atoms with Gasteiger partial charge in [-0.25, -0.2) is 9.78 Å². The van der Waals surface area contributed by atoms with E-state index in [1.54, 1.807) is 17.4 Å². The van der Waals surface area contributed by atoms with Crippen LogP contribution in [0.2, 0.25) is 0 Å². The number of anilines is 1. The van der Waals surface area contributed by atoms with E-state index in [4.69, 9.17) is 9.72 Å². The molecule has 1 unspecified atom stereocenters. The summed E-state index contributed by atoms with van der Waals surface area (Å²) in [4.78, 5) is 31.0. The van der Waals surface area contributed by atoms with Gasteiger partial charge in [-0.3, -0.25) is 4.79 Å². The van der Waals surface area contributed by atoms with E-state index in [-0.39, 0.29) is 5.91 Å². The number of carbonyl (C=O) groups is 2. The fourth-order valence-corrected chi connectivity index (χ4v) is 5.13. The molecule has 5 rings (SSSR count). The molecule has 1 amide bonds. The highest BCUT2D eigenvalue weighted by Crippen LogP contribution is 2.36. The van der Waals surface area contributed by atoms with Gasteiger partial charge in [-0.05, 0) is 54.6 Å². The summed E-state index contributed by atoms with van der Waals surface area (Å²) >= 11 is 1.58. The van der Waals surface area contributed by atoms with Gasteiger partial charge in [-0.15, -0.1) is 11.3 Å². The lowest BCUT2D eigenvalue weighted by molar-refractivity contribution is -0.124. The minimum Gasteiger partial charge on any atom is -0.449 e. The lowest BCUT2D eigenvalue weighted by Gasteiger charge is -2.17. The molecule has 4 aromatic carbocycles. The van der Waals surface area contributed by atoms with Crippen molar-refractivity contribution in [3.63, 3.8) is 0 Å². The zero-order valence-electron chi connectivity index (χ0n) is 19.4. The Morgan fingerprint density at radius 2 is 1.74 bits per heavy atom. The van der Waals surface area contributed by atoms with E-state index in [9.17, 15) is 9.59 Å². The third-order valence-corrected chi connectivity index (χ3v) is 6.92. The first-order chi connectivity index (χ1) is 17.0.